The predicted octanol–water partition coefficient (Wildman–Crippen LogP) is 5.38. The fourth-order valence-corrected chi connectivity index (χ4v) is 5.90. The van der Waals surface area contributed by atoms with Crippen molar-refractivity contribution in [1.82, 2.24) is 14.8 Å². The molecule has 0 fully saturated rings. The lowest BCUT2D eigenvalue weighted by atomic mass is 10.0. The molecule has 0 saturated carbocycles. The SMILES string of the molecule is C[C@@H]1CCCCO[C@H](CN(C)Cc2ccncc2)[C@H](C)CN([C@@H](C)CO)C(=O)c2cc(NC(=O)Nc3ccc4c(c3)OCO4)ccc2O1. The Morgan fingerprint density at radius 3 is 2.48 bits per heavy atom. The molecule has 1 aromatic heterocycles. The molecule has 4 atom stereocenters. The van der Waals surface area contributed by atoms with Gasteiger partial charge in [0.1, 0.15) is 5.75 Å². The second-order valence-corrected chi connectivity index (χ2v) is 12.7. The van der Waals surface area contributed by atoms with Gasteiger partial charge in [-0.2, -0.15) is 0 Å². The molecule has 3 amide bonds. The Bertz CT molecular complexity index is 1520. The van der Waals surface area contributed by atoms with Gasteiger partial charge in [0.15, 0.2) is 11.5 Å². The predicted molar refractivity (Wildman–Crippen MR) is 183 cm³/mol. The van der Waals surface area contributed by atoms with Crippen molar-refractivity contribution in [1.29, 1.82) is 0 Å². The minimum absolute atomic E-state index is 0.0529. The quantitative estimate of drug-likeness (QED) is 0.291. The molecule has 48 heavy (non-hydrogen) atoms. The highest BCUT2D eigenvalue weighted by Crippen LogP contribution is 2.34. The summed E-state index contributed by atoms with van der Waals surface area (Å²) in [5.74, 6) is 1.25. The summed E-state index contributed by atoms with van der Waals surface area (Å²) in [7, 11) is 2.06. The Morgan fingerprint density at radius 2 is 1.73 bits per heavy atom. The van der Waals surface area contributed by atoms with Crippen LogP contribution in [0.15, 0.2) is 60.9 Å². The average Bonchev–Trinajstić information content (AvgIpc) is 3.54. The molecule has 0 aliphatic carbocycles. The molecule has 2 aromatic carbocycles. The zero-order valence-electron chi connectivity index (χ0n) is 28.2. The topological polar surface area (TPSA) is 135 Å². The monoisotopic (exact) mass is 661 g/mol. The number of aliphatic hydroxyl groups excluding tert-OH is 1. The first-order chi connectivity index (χ1) is 23.2. The van der Waals surface area contributed by atoms with E-state index in [2.05, 4.69) is 34.5 Å². The summed E-state index contributed by atoms with van der Waals surface area (Å²) in [4.78, 5) is 35.4. The third kappa shape index (κ3) is 9.36. The highest BCUT2D eigenvalue weighted by Gasteiger charge is 2.30. The van der Waals surface area contributed by atoms with Crippen LogP contribution in [0.25, 0.3) is 0 Å². The molecule has 2 aliphatic heterocycles. The number of hydrogen-bond acceptors (Lipinski definition) is 9. The van der Waals surface area contributed by atoms with Crippen molar-refractivity contribution in [2.75, 3.05) is 50.8 Å². The van der Waals surface area contributed by atoms with E-state index in [1.165, 1.54) is 0 Å². The lowest BCUT2D eigenvalue weighted by Crippen LogP contribution is -2.47. The maximum Gasteiger partial charge on any atom is 0.323 e. The van der Waals surface area contributed by atoms with Crippen LogP contribution >= 0.6 is 0 Å². The van der Waals surface area contributed by atoms with Crippen molar-refractivity contribution in [2.45, 2.75) is 64.8 Å². The molecule has 0 spiro atoms. The number of carbonyl (C=O) groups is 2. The number of aliphatic hydroxyl groups is 1. The van der Waals surface area contributed by atoms with Crippen molar-refractivity contribution in [3.8, 4) is 17.2 Å². The summed E-state index contributed by atoms with van der Waals surface area (Å²) < 4.78 is 23.6. The first-order valence-corrected chi connectivity index (χ1v) is 16.6. The standard InChI is InChI=1S/C36H47N5O7/c1-24-19-41(25(2)22-42)35(43)30-17-28(38-36(44)39-29-9-11-32-33(18-29)47-23-46-32)8-10-31(30)48-26(3)7-5-6-16-45-34(24)21-40(4)20-27-12-14-37-15-13-27/h8-15,17-18,24-26,34,42H,5-7,16,19-23H2,1-4H3,(H2,38,39,44)/t24-,25+,26-,34-/m1/s1. The van der Waals surface area contributed by atoms with Crippen molar-refractivity contribution in [3.63, 3.8) is 0 Å². The Labute approximate surface area is 282 Å². The van der Waals surface area contributed by atoms with Crippen LogP contribution in [0.2, 0.25) is 0 Å². The second-order valence-electron chi connectivity index (χ2n) is 12.7. The number of aromatic nitrogens is 1. The van der Waals surface area contributed by atoms with E-state index in [0.29, 0.717) is 53.9 Å². The lowest BCUT2D eigenvalue weighted by Gasteiger charge is -2.36. The van der Waals surface area contributed by atoms with Crippen molar-refractivity contribution in [3.05, 3.63) is 72.1 Å². The molecule has 3 aromatic rings. The zero-order valence-corrected chi connectivity index (χ0v) is 28.2. The van der Waals surface area contributed by atoms with Gasteiger partial charge in [0.05, 0.1) is 30.4 Å². The fraction of sp³-hybridized carbons (Fsp3) is 0.472. The summed E-state index contributed by atoms with van der Waals surface area (Å²) in [6.07, 6.45) is 5.85. The van der Waals surface area contributed by atoms with Gasteiger partial charge in [0, 0.05) is 62.0 Å². The number of amides is 3. The number of urea groups is 1. The molecular weight excluding hydrogens is 614 g/mol. The van der Waals surface area contributed by atoms with E-state index >= 15 is 0 Å². The van der Waals surface area contributed by atoms with Crippen LogP contribution in [0.1, 0.15) is 56.0 Å². The van der Waals surface area contributed by atoms with Gasteiger partial charge in [-0.3, -0.25) is 14.7 Å². The van der Waals surface area contributed by atoms with Crippen LogP contribution in [0, 0.1) is 5.92 Å². The molecule has 12 nitrogen and oxygen atoms in total. The molecule has 5 rings (SSSR count). The Hall–Kier alpha value is -4.39. The number of hydrogen-bond donors (Lipinski definition) is 3. The van der Waals surface area contributed by atoms with Gasteiger partial charge in [-0.15, -0.1) is 0 Å². The van der Waals surface area contributed by atoms with Crippen molar-refractivity contribution >= 4 is 23.3 Å². The maximum atomic E-state index is 14.4. The van der Waals surface area contributed by atoms with E-state index in [0.717, 1.165) is 31.4 Å². The summed E-state index contributed by atoms with van der Waals surface area (Å²) in [5.41, 5.74) is 2.41. The van der Waals surface area contributed by atoms with E-state index in [9.17, 15) is 14.7 Å². The summed E-state index contributed by atoms with van der Waals surface area (Å²) in [6.45, 7) is 8.18. The normalized spacial score (nSPS) is 20.8. The highest BCUT2D eigenvalue weighted by molar-refractivity contribution is 6.02. The number of carbonyl (C=O) groups excluding carboxylic acids is 2. The summed E-state index contributed by atoms with van der Waals surface area (Å²) >= 11 is 0. The van der Waals surface area contributed by atoms with Gasteiger partial charge in [-0.1, -0.05) is 6.92 Å². The number of nitrogens with zero attached hydrogens (tertiary/aromatic N) is 3. The van der Waals surface area contributed by atoms with E-state index in [1.54, 1.807) is 53.7 Å². The van der Waals surface area contributed by atoms with Crippen LogP contribution in [0.5, 0.6) is 17.2 Å². The molecule has 258 valence electrons. The van der Waals surface area contributed by atoms with E-state index in [1.807, 2.05) is 26.0 Å². The van der Waals surface area contributed by atoms with Gasteiger partial charge in [0.25, 0.3) is 5.91 Å². The van der Waals surface area contributed by atoms with E-state index < -0.39 is 12.1 Å². The van der Waals surface area contributed by atoms with E-state index in [4.69, 9.17) is 18.9 Å². The highest BCUT2D eigenvalue weighted by atomic mass is 16.7. The number of likely N-dealkylation sites (N-methyl/N-ethyl adjacent to an activating group) is 1. The van der Waals surface area contributed by atoms with Gasteiger partial charge < -0.3 is 39.6 Å². The Balaban J connectivity index is 1.36. The Morgan fingerprint density at radius 1 is 1.02 bits per heavy atom. The molecule has 3 N–H and O–H groups in total. The Kier molecular flexibility index (Phi) is 12.1. The van der Waals surface area contributed by atoms with Crippen LogP contribution < -0.4 is 24.8 Å². The third-order valence-electron chi connectivity index (χ3n) is 8.63. The first kappa shape index (κ1) is 34.9. The molecular formula is C36H47N5O7. The minimum atomic E-state index is -0.485. The first-order valence-electron chi connectivity index (χ1n) is 16.6. The summed E-state index contributed by atoms with van der Waals surface area (Å²) in [5, 5.41) is 15.9. The van der Waals surface area contributed by atoms with E-state index in [-0.39, 0.29) is 37.4 Å². The van der Waals surface area contributed by atoms with Crippen molar-refractivity contribution in [2.24, 2.45) is 5.92 Å². The molecule has 0 unspecified atom stereocenters. The third-order valence-corrected chi connectivity index (χ3v) is 8.63. The van der Waals surface area contributed by atoms with Crippen LogP contribution in [0.4, 0.5) is 16.2 Å². The fourth-order valence-electron chi connectivity index (χ4n) is 5.90. The maximum absolute atomic E-state index is 14.4. The van der Waals surface area contributed by atoms with Crippen LogP contribution in [-0.2, 0) is 11.3 Å². The smallest absolute Gasteiger partial charge is 0.323 e. The molecule has 12 heteroatoms. The van der Waals surface area contributed by atoms with Crippen LogP contribution in [0.3, 0.4) is 0 Å². The number of benzene rings is 2. The van der Waals surface area contributed by atoms with Crippen molar-refractivity contribution < 1.29 is 33.6 Å². The number of ether oxygens (including phenoxy) is 4. The molecule has 0 saturated heterocycles. The number of nitrogens with one attached hydrogen (secondary N) is 2. The molecule has 2 aliphatic rings. The molecule has 3 heterocycles. The van der Waals surface area contributed by atoms with Gasteiger partial charge in [0.2, 0.25) is 6.79 Å². The number of anilines is 2. The second kappa shape index (κ2) is 16.6. The molecule has 0 bridgehead atoms. The number of pyridine rings is 1. The van der Waals surface area contributed by atoms with Gasteiger partial charge >= 0.3 is 6.03 Å². The lowest BCUT2D eigenvalue weighted by molar-refractivity contribution is -0.0177. The zero-order chi connectivity index (χ0) is 34.0. The average molecular weight is 662 g/mol. The summed E-state index contributed by atoms with van der Waals surface area (Å²) in [6, 6.07) is 13.3. The minimum Gasteiger partial charge on any atom is -0.490 e. The van der Waals surface area contributed by atoms with Crippen LogP contribution in [-0.4, -0.2) is 90.2 Å². The largest absolute Gasteiger partial charge is 0.490 e. The number of fused-ring (bicyclic) bond motifs is 2. The molecule has 0 radical (unpaired) electrons. The van der Waals surface area contributed by atoms with Gasteiger partial charge in [-0.05, 0) is 88.2 Å². The van der Waals surface area contributed by atoms with Gasteiger partial charge in [-0.25, -0.2) is 4.79 Å². The number of rotatable bonds is 8.